The molecule has 0 aliphatic rings. The number of carboxylic acids is 5. The number of hydrogen-bond acceptors (Lipinski definition) is 10. The van der Waals surface area contributed by atoms with Crippen molar-refractivity contribution in [3.8, 4) is 0 Å². The minimum absolute atomic E-state index is 0. The van der Waals surface area contributed by atoms with E-state index in [-0.39, 0.29) is 257 Å². The van der Waals surface area contributed by atoms with E-state index >= 15 is 0 Å². The first-order valence-corrected chi connectivity index (χ1v) is 4.54. The zero-order valence-electron chi connectivity index (χ0n) is 16.6. The van der Waals surface area contributed by atoms with Gasteiger partial charge in [0.2, 0.25) is 0 Å². The molecule has 0 saturated heterocycles. The quantitative estimate of drug-likeness (QED) is 0.293. The van der Waals surface area contributed by atoms with E-state index in [4.69, 9.17) is 49.5 Å². The van der Waals surface area contributed by atoms with Crippen LogP contribution in [0.1, 0.15) is 34.6 Å². The van der Waals surface area contributed by atoms with Gasteiger partial charge in [0, 0.05) is 29.8 Å². The van der Waals surface area contributed by atoms with Crippen LogP contribution >= 0.6 is 0 Å². The number of aliphatic carboxylic acids is 5. The van der Waals surface area contributed by atoms with E-state index in [1.54, 1.807) is 0 Å². The van der Waals surface area contributed by atoms with Crippen molar-refractivity contribution in [2.75, 3.05) is 0 Å². The normalized spacial score (nSPS) is 5.00. The smallest absolute Gasteiger partial charge is 0.550 e. The summed E-state index contributed by atoms with van der Waals surface area (Å²) in [4.78, 5) is 44.4. The SMILES string of the molecule is CC(=O)[O-].CC(=O)[O-].CC(=O)[O-].CC(=O)[O-].CC(=O)[O-].[K+].[K+].[K+].[K+].[K+]. The van der Waals surface area contributed by atoms with Gasteiger partial charge in [-0.3, -0.25) is 0 Å². The van der Waals surface area contributed by atoms with E-state index in [1.807, 2.05) is 0 Å². The molecule has 0 aromatic carbocycles. The summed E-state index contributed by atoms with van der Waals surface area (Å²) in [6.07, 6.45) is 0. The zero-order valence-corrected chi connectivity index (χ0v) is 32.2. The number of carbonyl (C=O) groups is 5. The molecule has 0 fully saturated rings. The van der Waals surface area contributed by atoms with Gasteiger partial charge < -0.3 is 49.5 Å². The molecule has 0 atom stereocenters. The van der Waals surface area contributed by atoms with Crippen molar-refractivity contribution in [2.45, 2.75) is 34.6 Å². The molecule has 0 amide bonds. The molecule has 0 aromatic rings. The monoisotopic (exact) mass is 490 g/mol. The molecule has 0 unspecified atom stereocenters. The van der Waals surface area contributed by atoms with Gasteiger partial charge in [0.05, 0.1) is 0 Å². The molecule has 0 bridgehead atoms. The maximum atomic E-state index is 8.89. The van der Waals surface area contributed by atoms with Crippen molar-refractivity contribution in [1.29, 1.82) is 0 Å². The second-order valence-electron chi connectivity index (χ2n) is 2.46. The summed E-state index contributed by atoms with van der Waals surface area (Å²) in [5.74, 6) is -5.42. The average molecular weight is 491 g/mol. The summed E-state index contributed by atoms with van der Waals surface area (Å²) < 4.78 is 0. The number of carboxylic acid groups (broad SMARTS) is 5. The molecule has 120 valence electrons. The second-order valence-corrected chi connectivity index (χ2v) is 2.46. The van der Waals surface area contributed by atoms with E-state index in [1.165, 1.54) is 0 Å². The number of carbonyl (C=O) groups excluding carboxylic acids is 5. The molecule has 25 heavy (non-hydrogen) atoms. The maximum absolute atomic E-state index is 8.89. The van der Waals surface area contributed by atoms with Crippen molar-refractivity contribution >= 4 is 29.8 Å². The number of hydrogen-bond donors (Lipinski definition) is 0. The van der Waals surface area contributed by atoms with Gasteiger partial charge in [-0.1, -0.05) is 0 Å². The number of rotatable bonds is 0. The van der Waals surface area contributed by atoms with Gasteiger partial charge in [-0.2, -0.15) is 0 Å². The van der Waals surface area contributed by atoms with Gasteiger partial charge in [-0.25, -0.2) is 0 Å². The van der Waals surface area contributed by atoms with Crippen LogP contribution in [0.5, 0.6) is 0 Å². The first-order valence-electron chi connectivity index (χ1n) is 4.54. The fourth-order valence-corrected chi connectivity index (χ4v) is 0. The van der Waals surface area contributed by atoms with Gasteiger partial charge in [0.15, 0.2) is 0 Å². The Labute approximate surface area is 359 Å². The summed E-state index contributed by atoms with van der Waals surface area (Å²) >= 11 is 0. The standard InChI is InChI=1S/5C2H4O2.5K/c5*1-2(3)4;;;;;/h5*1H3,(H,3,4);;;;;/q;;;;;5*+1/p-5. The van der Waals surface area contributed by atoms with E-state index in [0.29, 0.717) is 0 Å². The van der Waals surface area contributed by atoms with Gasteiger partial charge in [0.25, 0.3) is 0 Å². The third-order valence-corrected chi connectivity index (χ3v) is 0. The molecule has 0 aliphatic heterocycles. The average Bonchev–Trinajstić information content (AvgIpc) is 1.94. The van der Waals surface area contributed by atoms with Crippen LogP contribution in [0.15, 0.2) is 0 Å². The van der Waals surface area contributed by atoms with Crippen LogP contribution in [-0.2, 0) is 24.0 Å². The molecule has 15 heteroatoms. The van der Waals surface area contributed by atoms with E-state index in [0.717, 1.165) is 34.6 Å². The van der Waals surface area contributed by atoms with Crippen LogP contribution in [-0.4, -0.2) is 29.8 Å². The topological polar surface area (TPSA) is 201 Å². The molecule has 0 radical (unpaired) electrons. The van der Waals surface area contributed by atoms with Gasteiger partial charge in [-0.15, -0.1) is 0 Å². The van der Waals surface area contributed by atoms with Crippen LogP contribution in [0, 0.1) is 0 Å². The molecule has 0 spiro atoms. The molecule has 0 aromatic heterocycles. The Morgan fingerprint density at radius 1 is 0.360 bits per heavy atom. The van der Waals surface area contributed by atoms with Crippen molar-refractivity contribution < 1.29 is 306 Å². The van der Waals surface area contributed by atoms with Crippen LogP contribution in [0.3, 0.4) is 0 Å². The molecule has 0 rings (SSSR count). The Kier molecular flexibility index (Phi) is 144. The largest absolute Gasteiger partial charge is 1.00 e. The second kappa shape index (κ2) is 57.0. The maximum Gasteiger partial charge on any atom is 1.00 e. The summed E-state index contributed by atoms with van der Waals surface area (Å²) in [7, 11) is 0. The van der Waals surface area contributed by atoms with E-state index in [9.17, 15) is 0 Å². The predicted molar refractivity (Wildman–Crippen MR) is 53.4 cm³/mol. The summed E-state index contributed by atoms with van der Waals surface area (Å²) in [6, 6.07) is 0. The Balaban J connectivity index is -0.0000000134. The summed E-state index contributed by atoms with van der Waals surface area (Å²) in [6.45, 7) is 4.86. The zero-order chi connectivity index (χ0) is 17.9. The molecule has 0 N–H and O–H groups in total. The van der Waals surface area contributed by atoms with E-state index in [2.05, 4.69) is 0 Å². The summed E-state index contributed by atoms with van der Waals surface area (Å²) in [5.41, 5.74) is 0. The Hall–Kier alpha value is 5.53. The third kappa shape index (κ3) is 732. The first kappa shape index (κ1) is 63.2. The summed E-state index contributed by atoms with van der Waals surface area (Å²) in [5, 5.41) is 44.4. The van der Waals surface area contributed by atoms with Gasteiger partial charge in [0.1, 0.15) is 0 Å². The fourth-order valence-electron chi connectivity index (χ4n) is 0. The van der Waals surface area contributed by atoms with Crippen molar-refractivity contribution in [3.63, 3.8) is 0 Å². The van der Waals surface area contributed by atoms with Gasteiger partial charge in [-0.05, 0) is 34.6 Å². The van der Waals surface area contributed by atoms with Crippen LogP contribution in [0.4, 0.5) is 0 Å². The van der Waals surface area contributed by atoms with Crippen LogP contribution < -0.4 is 282 Å². The fraction of sp³-hybridized carbons (Fsp3) is 0.500. The molecule has 0 heterocycles. The molecular weight excluding hydrogens is 476 g/mol. The molecule has 0 aliphatic carbocycles. The third-order valence-electron chi connectivity index (χ3n) is 0. The molecule has 10 nitrogen and oxygen atoms in total. The predicted octanol–water partition coefficient (Wildman–Crippen LogP) is -21.2. The Morgan fingerprint density at radius 2 is 0.360 bits per heavy atom. The van der Waals surface area contributed by atoms with Crippen molar-refractivity contribution in [1.82, 2.24) is 0 Å². The minimum Gasteiger partial charge on any atom is -0.550 e. The Bertz CT molecular complexity index is 223. The van der Waals surface area contributed by atoms with Crippen molar-refractivity contribution in [3.05, 3.63) is 0 Å². The van der Waals surface area contributed by atoms with Crippen LogP contribution in [0.25, 0.3) is 0 Å². The minimum atomic E-state index is -1.08. The first-order chi connectivity index (χ1) is 8.66. The molecule has 0 saturated carbocycles. The van der Waals surface area contributed by atoms with Gasteiger partial charge >= 0.3 is 257 Å². The van der Waals surface area contributed by atoms with Crippen molar-refractivity contribution in [2.24, 2.45) is 0 Å². The Morgan fingerprint density at radius 3 is 0.360 bits per heavy atom. The molecular formula is C10H15K5O10. The van der Waals surface area contributed by atoms with Crippen LogP contribution in [0.2, 0.25) is 0 Å². The van der Waals surface area contributed by atoms with E-state index < -0.39 is 29.8 Å².